The second-order valence-electron chi connectivity index (χ2n) is 7.58. The average molecular weight is 475 g/mol. The van der Waals surface area contributed by atoms with Gasteiger partial charge in [0.1, 0.15) is 12.4 Å². The van der Waals surface area contributed by atoms with Gasteiger partial charge in [0.2, 0.25) is 5.91 Å². The fourth-order valence-electron chi connectivity index (χ4n) is 3.25. The minimum atomic E-state index is -4.18. The number of nitrogens with one attached hydrogen (secondary N) is 1. The van der Waals surface area contributed by atoms with Crippen LogP contribution in [0.15, 0.2) is 42.5 Å². The molecule has 3 rings (SSSR count). The summed E-state index contributed by atoms with van der Waals surface area (Å²) in [7, 11) is 0. The van der Waals surface area contributed by atoms with Crippen LogP contribution < -0.4 is 10.1 Å². The van der Waals surface area contributed by atoms with Gasteiger partial charge in [0.05, 0.1) is 16.0 Å². The molecule has 4 nitrogen and oxygen atoms in total. The lowest BCUT2D eigenvalue weighted by Gasteiger charge is -2.38. The van der Waals surface area contributed by atoms with Crippen LogP contribution in [0.5, 0.6) is 5.75 Å². The van der Waals surface area contributed by atoms with E-state index < -0.39 is 12.6 Å². The van der Waals surface area contributed by atoms with Crippen molar-refractivity contribution in [2.75, 3.05) is 19.6 Å². The topological polar surface area (TPSA) is 41.6 Å². The second-order valence-corrected chi connectivity index (χ2v) is 8.40. The molecule has 31 heavy (non-hydrogen) atoms. The molecule has 0 aromatic heterocycles. The van der Waals surface area contributed by atoms with Crippen LogP contribution in [0.1, 0.15) is 24.0 Å². The summed E-state index contributed by atoms with van der Waals surface area (Å²) in [6, 6.07) is 13.1. The SMILES string of the molecule is O=C(NCCCC(F)(F)F)C1CN(Cc2ccc(OCc3ccc(Cl)c(Cl)c3)cc2)C1. The quantitative estimate of drug-likeness (QED) is 0.490. The second kappa shape index (κ2) is 10.6. The van der Waals surface area contributed by atoms with Gasteiger partial charge in [-0.15, -0.1) is 0 Å². The zero-order valence-electron chi connectivity index (χ0n) is 16.7. The molecule has 1 N–H and O–H groups in total. The van der Waals surface area contributed by atoms with Crippen molar-refractivity contribution in [2.24, 2.45) is 5.92 Å². The predicted molar refractivity (Wildman–Crippen MR) is 114 cm³/mol. The smallest absolute Gasteiger partial charge is 0.389 e. The van der Waals surface area contributed by atoms with E-state index in [0.29, 0.717) is 36.3 Å². The number of nitrogens with zero attached hydrogens (tertiary/aromatic N) is 1. The van der Waals surface area contributed by atoms with Crippen LogP contribution in [0.25, 0.3) is 0 Å². The van der Waals surface area contributed by atoms with Crippen LogP contribution in [0.3, 0.4) is 0 Å². The predicted octanol–water partition coefficient (Wildman–Crippen LogP) is 5.46. The Kier molecular flexibility index (Phi) is 8.08. The lowest BCUT2D eigenvalue weighted by Crippen LogP contribution is -2.53. The maximum Gasteiger partial charge on any atom is 0.389 e. The third-order valence-corrected chi connectivity index (χ3v) is 5.72. The summed E-state index contributed by atoms with van der Waals surface area (Å²) in [5.74, 6) is 0.388. The molecule has 1 saturated heterocycles. The molecule has 1 heterocycles. The van der Waals surface area contributed by atoms with Gasteiger partial charge in [0, 0.05) is 32.6 Å². The first kappa shape index (κ1) is 23.7. The molecule has 1 amide bonds. The summed E-state index contributed by atoms with van der Waals surface area (Å²) < 4.78 is 42.1. The van der Waals surface area contributed by atoms with E-state index in [1.165, 1.54) is 0 Å². The molecule has 1 aliphatic rings. The van der Waals surface area contributed by atoms with Gasteiger partial charge in [0.25, 0.3) is 0 Å². The standard InChI is InChI=1S/C22H23Cl2F3N2O2/c23-19-7-4-16(10-20(19)24)14-31-18-5-2-15(3-6-18)11-29-12-17(13-29)21(30)28-9-1-8-22(25,26)27/h2-7,10,17H,1,8-9,11-14H2,(H,28,30). The fourth-order valence-corrected chi connectivity index (χ4v) is 3.58. The molecule has 168 valence electrons. The summed E-state index contributed by atoms with van der Waals surface area (Å²) in [6.07, 6.45) is -5.15. The molecule has 0 radical (unpaired) electrons. The number of ether oxygens (including phenoxy) is 1. The maximum absolute atomic E-state index is 12.1. The molecule has 9 heteroatoms. The Hall–Kier alpha value is -1.96. The van der Waals surface area contributed by atoms with Crippen molar-refractivity contribution in [2.45, 2.75) is 32.2 Å². The molecule has 0 bridgehead atoms. The highest BCUT2D eigenvalue weighted by Crippen LogP contribution is 2.24. The largest absolute Gasteiger partial charge is 0.489 e. The van der Waals surface area contributed by atoms with Crippen LogP contribution in [0.4, 0.5) is 13.2 Å². The molecule has 0 atom stereocenters. The highest BCUT2D eigenvalue weighted by atomic mass is 35.5. The van der Waals surface area contributed by atoms with E-state index in [4.69, 9.17) is 27.9 Å². The van der Waals surface area contributed by atoms with Crippen LogP contribution in [0, 0.1) is 5.92 Å². The molecule has 0 aliphatic carbocycles. The number of likely N-dealkylation sites (tertiary alicyclic amines) is 1. The zero-order valence-corrected chi connectivity index (χ0v) is 18.2. The van der Waals surface area contributed by atoms with Crippen molar-refractivity contribution < 1.29 is 22.7 Å². The third kappa shape index (κ3) is 7.59. The van der Waals surface area contributed by atoms with Crippen LogP contribution in [0.2, 0.25) is 10.0 Å². The number of amides is 1. The Bertz CT molecular complexity index is 885. The van der Waals surface area contributed by atoms with Crippen molar-refractivity contribution in [3.8, 4) is 5.75 Å². The van der Waals surface area contributed by atoms with E-state index in [9.17, 15) is 18.0 Å². The van der Waals surface area contributed by atoms with Gasteiger partial charge in [-0.25, -0.2) is 0 Å². The van der Waals surface area contributed by atoms with Crippen molar-refractivity contribution in [3.63, 3.8) is 0 Å². The van der Waals surface area contributed by atoms with Gasteiger partial charge in [-0.3, -0.25) is 9.69 Å². The zero-order chi connectivity index (χ0) is 22.4. The summed E-state index contributed by atoms with van der Waals surface area (Å²) >= 11 is 11.9. The lowest BCUT2D eigenvalue weighted by atomic mass is 9.98. The molecular weight excluding hydrogens is 452 g/mol. The minimum absolute atomic E-state index is 0.0541. The normalized spacial score (nSPS) is 14.9. The van der Waals surface area contributed by atoms with Crippen molar-refractivity contribution >= 4 is 29.1 Å². The lowest BCUT2D eigenvalue weighted by molar-refractivity contribution is -0.137. The van der Waals surface area contributed by atoms with Crippen molar-refractivity contribution in [1.82, 2.24) is 10.2 Å². The molecule has 1 fully saturated rings. The van der Waals surface area contributed by atoms with E-state index in [2.05, 4.69) is 10.2 Å². The van der Waals surface area contributed by atoms with Gasteiger partial charge in [0.15, 0.2) is 0 Å². The van der Waals surface area contributed by atoms with E-state index in [1.807, 2.05) is 30.3 Å². The first-order valence-corrected chi connectivity index (χ1v) is 10.7. The van der Waals surface area contributed by atoms with Gasteiger partial charge in [-0.2, -0.15) is 13.2 Å². The van der Waals surface area contributed by atoms with E-state index in [-0.39, 0.29) is 24.8 Å². The minimum Gasteiger partial charge on any atom is -0.489 e. The number of carbonyl (C=O) groups excluding carboxylic acids is 1. The summed E-state index contributed by atoms with van der Waals surface area (Å²) in [4.78, 5) is 14.1. The van der Waals surface area contributed by atoms with Gasteiger partial charge < -0.3 is 10.1 Å². The number of halogens is 5. The van der Waals surface area contributed by atoms with E-state index in [1.54, 1.807) is 12.1 Å². The molecule has 1 aliphatic heterocycles. The number of benzene rings is 2. The van der Waals surface area contributed by atoms with E-state index in [0.717, 1.165) is 16.9 Å². The summed E-state index contributed by atoms with van der Waals surface area (Å²) in [5, 5.41) is 3.57. The maximum atomic E-state index is 12.1. The Morgan fingerprint density at radius 1 is 1.06 bits per heavy atom. The Balaban J connectivity index is 1.35. The highest BCUT2D eigenvalue weighted by molar-refractivity contribution is 6.42. The number of alkyl halides is 3. The monoisotopic (exact) mass is 474 g/mol. The Labute approximate surface area is 189 Å². The number of carbonyl (C=O) groups is 1. The molecule has 0 saturated carbocycles. The van der Waals surface area contributed by atoms with Crippen LogP contribution in [-0.2, 0) is 17.9 Å². The first-order valence-electron chi connectivity index (χ1n) is 9.92. The van der Waals surface area contributed by atoms with Gasteiger partial charge >= 0.3 is 6.18 Å². The summed E-state index contributed by atoms with van der Waals surface area (Å²) in [6.45, 7) is 2.33. The first-order chi connectivity index (χ1) is 14.7. The molecular formula is C22H23Cl2F3N2O2. The fraction of sp³-hybridized carbons (Fsp3) is 0.409. The van der Waals surface area contributed by atoms with Crippen molar-refractivity contribution in [3.05, 3.63) is 63.6 Å². The third-order valence-electron chi connectivity index (χ3n) is 4.98. The molecule has 2 aromatic carbocycles. The van der Waals surface area contributed by atoms with Crippen LogP contribution in [-0.4, -0.2) is 36.6 Å². The number of hydrogen-bond donors (Lipinski definition) is 1. The van der Waals surface area contributed by atoms with Gasteiger partial charge in [-0.05, 0) is 41.8 Å². The summed E-state index contributed by atoms with van der Waals surface area (Å²) in [5.41, 5.74) is 2.01. The Morgan fingerprint density at radius 3 is 2.39 bits per heavy atom. The molecule has 0 unspecified atom stereocenters. The van der Waals surface area contributed by atoms with E-state index >= 15 is 0 Å². The Morgan fingerprint density at radius 2 is 1.74 bits per heavy atom. The highest BCUT2D eigenvalue weighted by Gasteiger charge is 2.32. The van der Waals surface area contributed by atoms with Crippen molar-refractivity contribution in [1.29, 1.82) is 0 Å². The van der Waals surface area contributed by atoms with Gasteiger partial charge in [-0.1, -0.05) is 41.4 Å². The molecule has 0 spiro atoms. The van der Waals surface area contributed by atoms with Crippen LogP contribution >= 0.6 is 23.2 Å². The number of rotatable bonds is 9. The molecule has 2 aromatic rings. The average Bonchev–Trinajstić information content (AvgIpc) is 2.68. The number of hydrogen-bond acceptors (Lipinski definition) is 3.